The van der Waals surface area contributed by atoms with Crippen LogP contribution in [0.4, 0.5) is 0 Å². The molecule has 1 N–H and O–H groups in total. The standard InChI is InChI=1S/C13H14N2OS/c1-2-6-15-13(16)10-5-7-14-11(9-10)12-4-3-8-17-12/h3-5,7-9H,2,6H2,1H3,(H,15,16). The van der Waals surface area contributed by atoms with Crippen LogP contribution in [0.25, 0.3) is 10.6 Å². The second-order valence-electron chi connectivity index (χ2n) is 3.66. The van der Waals surface area contributed by atoms with Crippen LogP contribution in [-0.4, -0.2) is 17.4 Å². The summed E-state index contributed by atoms with van der Waals surface area (Å²) in [6, 6.07) is 7.55. The highest BCUT2D eigenvalue weighted by Gasteiger charge is 2.07. The van der Waals surface area contributed by atoms with Gasteiger partial charge in [-0.3, -0.25) is 9.78 Å². The Morgan fingerprint density at radius 3 is 3.06 bits per heavy atom. The molecule has 88 valence electrons. The minimum Gasteiger partial charge on any atom is -0.352 e. The zero-order chi connectivity index (χ0) is 12.1. The van der Waals surface area contributed by atoms with E-state index >= 15 is 0 Å². The smallest absolute Gasteiger partial charge is 0.251 e. The molecule has 0 fully saturated rings. The summed E-state index contributed by atoms with van der Waals surface area (Å²) in [5, 5.41) is 4.86. The number of nitrogens with one attached hydrogen (secondary N) is 1. The summed E-state index contributed by atoms with van der Waals surface area (Å²) in [5.74, 6) is -0.0351. The largest absolute Gasteiger partial charge is 0.352 e. The summed E-state index contributed by atoms with van der Waals surface area (Å²) in [4.78, 5) is 17.1. The summed E-state index contributed by atoms with van der Waals surface area (Å²) < 4.78 is 0. The molecule has 3 nitrogen and oxygen atoms in total. The topological polar surface area (TPSA) is 42.0 Å². The number of aromatic nitrogens is 1. The van der Waals surface area contributed by atoms with Crippen LogP contribution in [0.1, 0.15) is 23.7 Å². The number of hydrogen-bond acceptors (Lipinski definition) is 3. The fourth-order valence-electron chi connectivity index (χ4n) is 1.47. The molecule has 0 bridgehead atoms. The van der Waals surface area contributed by atoms with Crippen LogP contribution >= 0.6 is 11.3 Å². The van der Waals surface area contributed by atoms with Crippen LogP contribution in [0.15, 0.2) is 35.8 Å². The summed E-state index contributed by atoms with van der Waals surface area (Å²) >= 11 is 1.62. The maximum atomic E-state index is 11.8. The van der Waals surface area contributed by atoms with E-state index in [9.17, 15) is 4.79 Å². The first kappa shape index (κ1) is 11.8. The van der Waals surface area contributed by atoms with Crippen molar-refractivity contribution >= 4 is 17.2 Å². The lowest BCUT2D eigenvalue weighted by molar-refractivity contribution is 0.0953. The Morgan fingerprint density at radius 1 is 1.47 bits per heavy atom. The van der Waals surface area contributed by atoms with Crippen LogP contribution in [-0.2, 0) is 0 Å². The van der Waals surface area contributed by atoms with Gasteiger partial charge in [-0.25, -0.2) is 0 Å². The van der Waals surface area contributed by atoms with Crippen LogP contribution in [0.3, 0.4) is 0 Å². The van der Waals surface area contributed by atoms with Crippen molar-refractivity contribution in [3.63, 3.8) is 0 Å². The molecule has 0 spiro atoms. The lowest BCUT2D eigenvalue weighted by Crippen LogP contribution is -2.23. The van der Waals surface area contributed by atoms with E-state index in [4.69, 9.17) is 0 Å². The molecular weight excluding hydrogens is 232 g/mol. The minimum absolute atomic E-state index is 0.0351. The number of amides is 1. The third-order valence-electron chi connectivity index (χ3n) is 2.33. The predicted molar refractivity (Wildman–Crippen MR) is 70.2 cm³/mol. The lowest BCUT2D eigenvalue weighted by Gasteiger charge is -2.04. The van der Waals surface area contributed by atoms with Crippen LogP contribution in [0, 0.1) is 0 Å². The summed E-state index contributed by atoms with van der Waals surface area (Å²) in [6.45, 7) is 2.74. The van der Waals surface area contributed by atoms with Gasteiger partial charge in [-0.1, -0.05) is 13.0 Å². The number of pyridine rings is 1. The molecule has 0 atom stereocenters. The van der Waals surface area contributed by atoms with Gasteiger partial charge in [-0.15, -0.1) is 11.3 Å². The van der Waals surface area contributed by atoms with Gasteiger partial charge in [0.15, 0.2) is 0 Å². The van der Waals surface area contributed by atoms with Gasteiger partial charge in [-0.05, 0) is 30.0 Å². The zero-order valence-corrected chi connectivity index (χ0v) is 10.5. The summed E-state index contributed by atoms with van der Waals surface area (Å²) in [6.07, 6.45) is 2.62. The molecule has 0 aliphatic rings. The van der Waals surface area contributed by atoms with E-state index in [0.717, 1.165) is 17.0 Å². The van der Waals surface area contributed by atoms with Crippen LogP contribution in [0.5, 0.6) is 0 Å². The zero-order valence-electron chi connectivity index (χ0n) is 9.64. The third-order valence-corrected chi connectivity index (χ3v) is 3.22. The SMILES string of the molecule is CCCNC(=O)c1ccnc(-c2cccs2)c1. The van der Waals surface area contributed by atoms with Gasteiger partial charge in [0.05, 0.1) is 10.6 Å². The number of hydrogen-bond donors (Lipinski definition) is 1. The fraction of sp³-hybridized carbons (Fsp3) is 0.231. The molecule has 0 aromatic carbocycles. The van der Waals surface area contributed by atoms with E-state index in [1.165, 1.54) is 0 Å². The highest BCUT2D eigenvalue weighted by atomic mass is 32.1. The average Bonchev–Trinajstić information content (AvgIpc) is 2.90. The Kier molecular flexibility index (Phi) is 3.88. The van der Waals surface area contributed by atoms with Gasteiger partial charge in [0.25, 0.3) is 5.91 Å². The molecule has 4 heteroatoms. The Bertz CT molecular complexity index is 494. The predicted octanol–water partition coefficient (Wildman–Crippen LogP) is 2.95. The van der Waals surface area contributed by atoms with Crippen molar-refractivity contribution in [3.8, 4) is 10.6 Å². The number of nitrogens with zero attached hydrogens (tertiary/aromatic N) is 1. The monoisotopic (exact) mass is 246 g/mol. The number of thiophene rings is 1. The molecule has 0 radical (unpaired) electrons. The van der Waals surface area contributed by atoms with Crippen LogP contribution < -0.4 is 5.32 Å². The van der Waals surface area contributed by atoms with E-state index in [1.54, 1.807) is 23.6 Å². The first-order valence-electron chi connectivity index (χ1n) is 5.59. The number of carbonyl (C=O) groups is 1. The number of carbonyl (C=O) groups excluding carboxylic acids is 1. The molecule has 17 heavy (non-hydrogen) atoms. The van der Waals surface area contributed by atoms with Crippen molar-refractivity contribution in [1.82, 2.24) is 10.3 Å². The Morgan fingerprint density at radius 2 is 2.35 bits per heavy atom. The second kappa shape index (κ2) is 5.59. The Labute approximate surface area is 105 Å². The fourth-order valence-corrected chi connectivity index (χ4v) is 2.16. The quantitative estimate of drug-likeness (QED) is 0.901. The molecule has 0 aliphatic carbocycles. The van der Waals surface area contributed by atoms with Gasteiger partial charge in [0.1, 0.15) is 0 Å². The van der Waals surface area contributed by atoms with E-state index in [2.05, 4.69) is 10.3 Å². The molecule has 2 rings (SSSR count). The van der Waals surface area contributed by atoms with E-state index in [0.29, 0.717) is 12.1 Å². The maximum absolute atomic E-state index is 11.8. The van der Waals surface area contributed by atoms with Crippen molar-refractivity contribution in [2.45, 2.75) is 13.3 Å². The lowest BCUT2D eigenvalue weighted by atomic mass is 10.2. The van der Waals surface area contributed by atoms with Crippen molar-refractivity contribution < 1.29 is 4.79 Å². The molecule has 0 saturated heterocycles. The van der Waals surface area contributed by atoms with E-state index in [-0.39, 0.29) is 5.91 Å². The summed E-state index contributed by atoms with van der Waals surface area (Å²) in [5.41, 5.74) is 1.51. The molecule has 0 aliphatic heterocycles. The third kappa shape index (κ3) is 2.91. The van der Waals surface area contributed by atoms with E-state index in [1.807, 2.05) is 30.5 Å². The van der Waals surface area contributed by atoms with Gasteiger partial charge >= 0.3 is 0 Å². The van der Waals surface area contributed by atoms with Crippen LogP contribution in [0.2, 0.25) is 0 Å². The molecule has 2 aromatic rings. The highest BCUT2D eigenvalue weighted by Crippen LogP contribution is 2.22. The van der Waals surface area contributed by atoms with Crippen molar-refractivity contribution in [1.29, 1.82) is 0 Å². The van der Waals surface area contributed by atoms with Gasteiger partial charge in [0.2, 0.25) is 0 Å². The van der Waals surface area contributed by atoms with Crippen molar-refractivity contribution in [2.24, 2.45) is 0 Å². The normalized spacial score (nSPS) is 10.2. The van der Waals surface area contributed by atoms with Crippen molar-refractivity contribution in [3.05, 3.63) is 41.4 Å². The Hall–Kier alpha value is -1.68. The van der Waals surface area contributed by atoms with Gasteiger partial charge in [-0.2, -0.15) is 0 Å². The first-order valence-corrected chi connectivity index (χ1v) is 6.47. The molecule has 1 amide bonds. The summed E-state index contributed by atoms with van der Waals surface area (Å²) in [7, 11) is 0. The molecular formula is C13H14N2OS. The first-order chi connectivity index (χ1) is 8.31. The Balaban J connectivity index is 2.20. The molecule has 2 aromatic heterocycles. The average molecular weight is 246 g/mol. The second-order valence-corrected chi connectivity index (χ2v) is 4.61. The molecule has 0 unspecified atom stereocenters. The highest BCUT2D eigenvalue weighted by molar-refractivity contribution is 7.13. The van der Waals surface area contributed by atoms with Gasteiger partial charge < -0.3 is 5.32 Å². The van der Waals surface area contributed by atoms with Gasteiger partial charge in [0, 0.05) is 18.3 Å². The minimum atomic E-state index is -0.0351. The molecule has 0 saturated carbocycles. The molecule has 2 heterocycles. The van der Waals surface area contributed by atoms with Crippen molar-refractivity contribution in [2.75, 3.05) is 6.54 Å². The number of rotatable bonds is 4. The van der Waals surface area contributed by atoms with E-state index < -0.39 is 0 Å². The maximum Gasteiger partial charge on any atom is 0.251 e.